The average Bonchev–Trinajstić information content (AvgIpc) is 3.38. The van der Waals surface area contributed by atoms with E-state index in [4.69, 9.17) is 33.6 Å². The van der Waals surface area contributed by atoms with Gasteiger partial charge in [-0.05, 0) is 43.2 Å². The number of rotatable bonds is 4. The van der Waals surface area contributed by atoms with E-state index in [2.05, 4.69) is 10.3 Å². The number of hydrogen-bond acceptors (Lipinski definition) is 3. The van der Waals surface area contributed by atoms with Crippen LogP contribution in [0.4, 0.5) is 0 Å². The highest BCUT2D eigenvalue weighted by Crippen LogP contribution is 2.29. The standard InChI is InChI=1S/C20H15Cl2N5/c21-14-7-5-13(6-8-14)19-11-17(20(24-12-23)25-15-9-10-15)26-27(19)18-4-2-1-3-16(18)22/h1-8,11,15H,9-10H2,(H,24,25). The van der Waals surface area contributed by atoms with Crippen LogP contribution in [-0.4, -0.2) is 21.7 Å². The van der Waals surface area contributed by atoms with Crippen LogP contribution in [0.25, 0.3) is 16.9 Å². The minimum atomic E-state index is 0.255. The van der Waals surface area contributed by atoms with Crippen LogP contribution in [0.15, 0.2) is 59.6 Å². The molecule has 0 unspecified atom stereocenters. The second-order valence-electron chi connectivity index (χ2n) is 6.23. The molecule has 1 saturated carbocycles. The SMILES string of the molecule is N#CNC(=NC1CC1)c1cc(-c2ccc(Cl)cc2)n(-c2ccccc2Cl)n1. The normalized spacial score (nSPS) is 14.0. The van der Waals surface area contributed by atoms with Crippen LogP contribution in [0.5, 0.6) is 0 Å². The number of halogens is 2. The number of hydrogen-bond donors (Lipinski definition) is 1. The Morgan fingerprint density at radius 3 is 2.56 bits per heavy atom. The summed E-state index contributed by atoms with van der Waals surface area (Å²) in [6.07, 6.45) is 4.02. The molecule has 0 amide bonds. The highest BCUT2D eigenvalue weighted by molar-refractivity contribution is 6.32. The molecular formula is C20H15Cl2N5. The van der Waals surface area contributed by atoms with Gasteiger partial charge in [0.2, 0.25) is 0 Å². The van der Waals surface area contributed by atoms with Crippen LogP contribution in [0.1, 0.15) is 18.5 Å². The average molecular weight is 396 g/mol. The van der Waals surface area contributed by atoms with Gasteiger partial charge in [0, 0.05) is 10.6 Å². The highest BCUT2D eigenvalue weighted by Gasteiger charge is 2.23. The number of nitrogens with zero attached hydrogens (tertiary/aromatic N) is 4. The van der Waals surface area contributed by atoms with E-state index in [0.29, 0.717) is 21.6 Å². The van der Waals surface area contributed by atoms with Crippen LogP contribution in [0.3, 0.4) is 0 Å². The lowest BCUT2D eigenvalue weighted by molar-refractivity contribution is 0.878. The number of aromatic nitrogens is 2. The highest BCUT2D eigenvalue weighted by atomic mass is 35.5. The maximum Gasteiger partial charge on any atom is 0.182 e. The van der Waals surface area contributed by atoms with Crippen LogP contribution in [0.2, 0.25) is 10.0 Å². The molecule has 0 atom stereocenters. The zero-order valence-corrected chi connectivity index (χ0v) is 15.7. The summed E-state index contributed by atoms with van der Waals surface area (Å²) in [7, 11) is 0. The van der Waals surface area contributed by atoms with E-state index in [1.165, 1.54) is 0 Å². The Kier molecular flexibility index (Phi) is 4.85. The first kappa shape index (κ1) is 17.6. The summed E-state index contributed by atoms with van der Waals surface area (Å²) in [5.74, 6) is 0.473. The number of aliphatic imine (C=N–C) groups is 1. The maximum absolute atomic E-state index is 9.10. The maximum atomic E-state index is 9.10. The van der Waals surface area contributed by atoms with Gasteiger partial charge in [0.1, 0.15) is 5.69 Å². The monoisotopic (exact) mass is 395 g/mol. The first-order valence-electron chi connectivity index (χ1n) is 8.50. The lowest BCUT2D eigenvalue weighted by atomic mass is 10.1. The zero-order valence-electron chi connectivity index (χ0n) is 14.2. The predicted molar refractivity (Wildman–Crippen MR) is 107 cm³/mol. The van der Waals surface area contributed by atoms with Gasteiger partial charge in [-0.1, -0.05) is 47.5 Å². The molecule has 0 radical (unpaired) electrons. The lowest BCUT2D eigenvalue weighted by Crippen LogP contribution is -2.20. The largest absolute Gasteiger partial charge is 0.275 e. The van der Waals surface area contributed by atoms with Gasteiger partial charge in [0.05, 0.1) is 22.4 Å². The molecule has 0 bridgehead atoms. The Labute approximate surface area is 166 Å². The molecule has 3 aromatic rings. The molecular weight excluding hydrogens is 381 g/mol. The summed E-state index contributed by atoms with van der Waals surface area (Å²) >= 11 is 12.4. The van der Waals surface area contributed by atoms with Crippen molar-refractivity contribution in [1.29, 1.82) is 5.26 Å². The van der Waals surface area contributed by atoms with Crippen LogP contribution < -0.4 is 5.32 Å². The van der Waals surface area contributed by atoms with E-state index in [1.807, 2.05) is 60.8 Å². The molecule has 4 rings (SSSR count). The van der Waals surface area contributed by atoms with E-state index in [9.17, 15) is 0 Å². The molecule has 7 heteroatoms. The molecule has 5 nitrogen and oxygen atoms in total. The minimum absolute atomic E-state index is 0.255. The van der Waals surface area contributed by atoms with Crippen molar-refractivity contribution in [2.75, 3.05) is 0 Å². The van der Waals surface area contributed by atoms with Crippen molar-refractivity contribution in [3.8, 4) is 23.1 Å². The zero-order chi connectivity index (χ0) is 18.8. The van der Waals surface area contributed by atoms with Gasteiger partial charge < -0.3 is 0 Å². The number of para-hydroxylation sites is 1. The molecule has 1 aliphatic rings. The molecule has 1 fully saturated rings. The molecule has 1 heterocycles. The third kappa shape index (κ3) is 3.82. The fraction of sp³-hybridized carbons (Fsp3) is 0.150. The van der Waals surface area contributed by atoms with Crippen molar-refractivity contribution in [3.05, 3.63) is 70.3 Å². The second kappa shape index (κ2) is 7.43. The fourth-order valence-electron chi connectivity index (χ4n) is 2.73. The van der Waals surface area contributed by atoms with Gasteiger partial charge in [-0.25, -0.2) is 4.68 Å². The van der Waals surface area contributed by atoms with Crippen molar-refractivity contribution < 1.29 is 0 Å². The third-order valence-electron chi connectivity index (χ3n) is 4.21. The lowest BCUT2D eigenvalue weighted by Gasteiger charge is -2.09. The number of nitriles is 1. The molecule has 1 N–H and O–H groups in total. The van der Waals surface area contributed by atoms with E-state index in [1.54, 1.807) is 4.68 Å². The molecule has 134 valence electrons. The molecule has 27 heavy (non-hydrogen) atoms. The molecule has 1 aromatic heterocycles. The quantitative estimate of drug-likeness (QED) is 0.297. The van der Waals surface area contributed by atoms with Gasteiger partial charge >= 0.3 is 0 Å². The van der Waals surface area contributed by atoms with E-state index in [0.717, 1.165) is 29.8 Å². The summed E-state index contributed by atoms with van der Waals surface area (Å²) < 4.78 is 1.77. The predicted octanol–water partition coefficient (Wildman–Crippen LogP) is 4.83. The molecule has 2 aromatic carbocycles. The van der Waals surface area contributed by atoms with Crippen molar-refractivity contribution in [1.82, 2.24) is 15.1 Å². The smallest absolute Gasteiger partial charge is 0.182 e. The first-order chi connectivity index (χ1) is 13.2. The van der Waals surface area contributed by atoms with Crippen molar-refractivity contribution in [3.63, 3.8) is 0 Å². The Hall–Kier alpha value is -2.81. The number of nitrogens with one attached hydrogen (secondary N) is 1. The molecule has 1 aliphatic carbocycles. The summed E-state index contributed by atoms with van der Waals surface area (Å²) in [5, 5.41) is 17.7. The number of benzene rings is 2. The van der Waals surface area contributed by atoms with Crippen LogP contribution in [-0.2, 0) is 0 Å². The van der Waals surface area contributed by atoms with Gasteiger partial charge in [-0.3, -0.25) is 10.3 Å². The number of amidine groups is 1. The van der Waals surface area contributed by atoms with E-state index in [-0.39, 0.29) is 6.04 Å². The molecule has 0 aliphatic heterocycles. The van der Waals surface area contributed by atoms with E-state index >= 15 is 0 Å². The summed E-state index contributed by atoms with van der Waals surface area (Å²) in [6.45, 7) is 0. The third-order valence-corrected chi connectivity index (χ3v) is 4.78. The Balaban J connectivity index is 1.88. The van der Waals surface area contributed by atoms with Crippen molar-refractivity contribution in [2.45, 2.75) is 18.9 Å². The van der Waals surface area contributed by atoms with E-state index < -0.39 is 0 Å². The summed E-state index contributed by atoms with van der Waals surface area (Å²) in [4.78, 5) is 4.58. The Morgan fingerprint density at radius 1 is 1.15 bits per heavy atom. The fourth-order valence-corrected chi connectivity index (χ4v) is 3.07. The summed E-state index contributed by atoms with van der Waals surface area (Å²) in [6, 6.07) is 17.1. The van der Waals surface area contributed by atoms with Crippen LogP contribution >= 0.6 is 23.2 Å². The minimum Gasteiger partial charge on any atom is -0.275 e. The van der Waals surface area contributed by atoms with Crippen molar-refractivity contribution >= 4 is 29.0 Å². The molecule has 0 spiro atoms. The summed E-state index contributed by atoms with van der Waals surface area (Å²) in [5.41, 5.74) is 3.10. The van der Waals surface area contributed by atoms with Gasteiger partial charge in [0.15, 0.2) is 12.0 Å². The van der Waals surface area contributed by atoms with Crippen molar-refractivity contribution in [2.24, 2.45) is 4.99 Å². The Morgan fingerprint density at radius 2 is 1.89 bits per heavy atom. The topological polar surface area (TPSA) is 66.0 Å². The van der Waals surface area contributed by atoms with Crippen LogP contribution in [0, 0.1) is 11.5 Å². The van der Waals surface area contributed by atoms with Gasteiger partial charge in [-0.15, -0.1) is 0 Å². The second-order valence-corrected chi connectivity index (χ2v) is 7.07. The first-order valence-corrected chi connectivity index (χ1v) is 9.25. The Bertz CT molecular complexity index is 1040. The van der Waals surface area contributed by atoms with Gasteiger partial charge in [-0.2, -0.15) is 10.4 Å². The molecule has 0 saturated heterocycles. The van der Waals surface area contributed by atoms with Gasteiger partial charge in [0.25, 0.3) is 0 Å².